The van der Waals surface area contributed by atoms with Crippen LogP contribution >= 0.6 is 0 Å². The average molecular weight is 184 g/mol. The van der Waals surface area contributed by atoms with Crippen LogP contribution in [-0.4, -0.2) is 12.6 Å². The largest absolute Gasteiger partial charge is 0.516 e. The summed E-state index contributed by atoms with van der Waals surface area (Å²) in [5, 5.41) is 3.10. The molecule has 1 rings (SSSR count). The van der Waals surface area contributed by atoms with Gasteiger partial charge in [0, 0.05) is 32.7 Å². The minimum absolute atomic E-state index is 0. The summed E-state index contributed by atoms with van der Waals surface area (Å²) in [4.78, 5) is 0. The van der Waals surface area contributed by atoms with Gasteiger partial charge in [-0.2, -0.15) is 0 Å². The second-order valence-electron chi connectivity index (χ2n) is 1.89. The van der Waals surface area contributed by atoms with E-state index in [-0.39, 0.29) is 32.7 Å². The van der Waals surface area contributed by atoms with Gasteiger partial charge in [0.1, 0.15) is 0 Å². The molecule has 0 aromatic heterocycles. The predicted octanol–water partition coefficient (Wildman–Crippen LogP) is 0.395. The van der Waals surface area contributed by atoms with Gasteiger partial charge in [-0.1, -0.05) is 0 Å². The monoisotopic (exact) mass is 184 g/mol. The molecule has 0 saturated carbocycles. The van der Waals surface area contributed by atoms with Gasteiger partial charge in [-0.15, -0.1) is 5.92 Å². The molecular formula is C6H9NY-2. The summed E-state index contributed by atoms with van der Waals surface area (Å²) in [6.45, 7) is 10.0. The molecule has 1 heterocycles. The van der Waals surface area contributed by atoms with Crippen LogP contribution in [-0.2, 0) is 32.7 Å². The van der Waals surface area contributed by atoms with Crippen molar-refractivity contribution in [2.24, 2.45) is 5.92 Å². The van der Waals surface area contributed by atoms with Crippen molar-refractivity contribution in [2.45, 2.75) is 6.04 Å². The minimum atomic E-state index is 0. The van der Waals surface area contributed by atoms with E-state index in [1.54, 1.807) is 6.08 Å². The summed E-state index contributed by atoms with van der Waals surface area (Å²) in [5.41, 5.74) is 0. The van der Waals surface area contributed by atoms with Gasteiger partial charge in [0.05, 0.1) is 0 Å². The van der Waals surface area contributed by atoms with Crippen LogP contribution in [0.2, 0.25) is 0 Å². The maximum Gasteiger partial charge on any atom is 0 e. The number of hydrogen-bond donors (Lipinski definition) is 1. The van der Waals surface area contributed by atoms with E-state index in [0.717, 1.165) is 6.54 Å². The molecule has 1 N–H and O–H groups in total. The van der Waals surface area contributed by atoms with Gasteiger partial charge in [-0.05, 0) is 12.6 Å². The van der Waals surface area contributed by atoms with Crippen molar-refractivity contribution in [3.8, 4) is 0 Å². The smallest absolute Gasteiger partial charge is 0 e. The third-order valence-electron chi connectivity index (χ3n) is 1.33. The van der Waals surface area contributed by atoms with E-state index in [2.05, 4.69) is 12.2 Å². The van der Waals surface area contributed by atoms with Crippen LogP contribution in [0.25, 0.3) is 0 Å². The zero-order valence-corrected chi connectivity index (χ0v) is 7.64. The van der Waals surface area contributed by atoms with Crippen LogP contribution in [0.4, 0.5) is 0 Å². The van der Waals surface area contributed by atoms with Crippen LogP contribution in [0.3, 0.4) is 0 Å². The Morgan fingerprint density at radius 1 is 1.75 bits per heavy atom. The normalized spacial score (nSPS) is 34.6. The Balaban J connectivity index is 0.000000490. The van der Waals surface area contributed by atoms with Crippen LogP contribution in [0.15, 0.2) is 6.08 Å². The minimum Gasteiger partial charge on any atom is -0.516 e. The van der Waals surface area contributed by atoms with Gasteiger partial charge in [0.15, 0.2) is 0 Å². The van der Waals surface area contributed by atoms with E-state index in [4.69, 9.17) is 6.58 Å². The quantitative estimate of drug-likeness (QED) is 0.581. The second-order valence-corrected chi connectivity index (χ2v) is 1.89. The average Bonchev–Trinajstić information content (AvgIpc) is 1.65. The summed E-state index contributed by atoms with van der Waals surface area (Å²) in [5.74, 6) is 0.505. The standard InChI is InChI=1S/C6H9N.Y/c1-3-6-5(2)4-7-6;/h1,3,5-7H,2,4H2;/q-2;. The first-order valence-electron chi connectivity index (χ1n) is 2.46. The Kier molecular flexibility index (Phi) is 4.14. The van der Waals surface area contributed by atoms with Crippen LogP contribution in [0.5, 0.6) is 0 Å². The molecule has 0 bridgehead atoms. The van der Waals surface area contributed by atoms with E-state index in [9.17, 15) is 0 Å². The van der Waals surface area contributed by atoms with Crippen LogP contribution in [0.1, 0.15) is 0 Å². The molecular weight excluding hydrogens is 175 g/mol. The molecule has 0 aromatic rings. The fourth-order valence-corrected chi connectivity index (χ4v) is 0.646. The Morgan fingerprint density at radius 2 is 2.38 bits per heavy atom. The third kappa shape index (κ3) is 1.64. The van der Waals surface area contributed by atoms with E-state index in [1.165, 1.54) is 0 Å². The first-order valence-corrected chi connectivity index (χ1v) is 2.46. The summed E-state index contributed by atoms with van der Waals surface area (Å²) < 4.78 is 0. The fourth-order valence-electron chi connectivity index (χ4n) is 0.646. The maximum atomic E-state index is 5.20. The number of hydrogen-bond acceptors (Lipinski definition) is 1. The first-order chi connectivity index (χ1) is 3.34. The van der Waals surface area contributed by atoms with Gasteiger partial charge >= 0.3 is 0 Å². The molecule has 2 heteroatoms. The molecule has 2 atom stereocenters. The van der Waals surface area contributed by atoms with E-state index in [1.807, 2.05) is 0 Å². The molecule has 1 fully saturated rings. The Bertz CT molecular complexity index is 82.6. The van der Waals surface area contributed by atoms with E-state index in [0.29, 0.717) is 12.0 Å². The molecule has 1 aliphatic rings. The summed E-state index contributed by atoms with van der Waals surface area (Å²) in [6, 6.07) is 0.375. The van der Waals surface area contributed by atoms with Crippen molar-refractivity contribution in [2.75, 3.05) is 6.54 Å². The summed E-state index contributed by atoms with van der Waals surface area (Å²) in [6.07, 6.45) is 1.65. The van der Waals surface area contributed by atoms with Crippen molar-refractivity contribution in [1.82, 2.24) is 5.32 Å². The molecule has 0 spiro atoms. The third-order valence-corrected chi connectivity index (χ3v) is 1.33. The zero-order chi connectivity index (χ0) is 5.28. The van der Waals surface area contributed by atoms with Crippen LogP contribution in [0, 0.1) is 19.4 Å². The van der Waals surface area contributed by atoms with Crippen molar-refractivity contribution >= 4 is 0 Å². The zero-order valence-electron chi connectivity index (χ0n) is 4.80. The molecule has 0 aromatic carbocycles. The van der Waals surface area contributed by atoms with Gasteiger partial charge in [-0.3, -0.25) is 6.08 Å². The molecule has 1 saturated heterocycles. The number of rotatable bonds is 1. The second kappa shape index (κ2) is 3.76. The molecule has 0 aliphatic carbocycles. The molecule has 8 heavy (non-hydrogen) atoms. The van der Waals surface area contributed by atoms with Crippen LogP contribution < -0.4 is 5.32 Å². The van der Waals surface area contributed by atoms with E-state index >= 15 is 0 Å². The molecule has 0 amide bonds. The fraction of sp³-hybridized carbons (Fsp3) is 0.500. The molecule has 1 aliphatic heterocycles. The van der Waals surface area contributed by atoms with Gasteiger partial charge < -0.3 is 18.8 Å². The molecule has 2 unspecified atom stereocenters. The van der Waals surface area contributed by atoms with Crippen molar-refractivity contribution in [3.05, 3.63) is 19.6 Å². The molecule has 1 nitrogen and oxygen atoms in total. The van der Waals surface area contributed by atoms with Gasteiger partial charge in [0.25, 0.3) is 0 Å². The Labute approximate surface area is 75.8 Å². The SMILES string of the molecule is [CH-]=CC1NCC1[CH2-].[Y]. The predicted molar refractivity (Wildman–Crippen MR) is 29.5 cm³/mol. The van der Waals surface area contributed by atoms with Crippen molar-refractivity contribution in [3.63, 3.8) is 0 Å². The first kappa shape index (κ1) is 8.80. The van der Waals surface area contributed by atoms with Crippen molar-refractivity contribution < 1.29 is 32.7 Å². The van der Waals surface area contributed by atoms with Crippen molar-refractivity contribution in [1.29, 1.82) is 0 Å². The van der Waals surface area contributed by atoms with E-state index < -0.39 is 0 Å². The van der Waals surface area contributed by atoms with Gasteiger partial charge in [-0.25, -0.2) is 0 Å². The topological polar surface area (TPSA) is 12.0 Å². The number of nitrogens with one attached hydrogen (secondary N) is 1. The molecule has 43 valence electrons. The maximum absolute atomic E-state index is 5.20. The van der Waals surface area contributed by atoms with Gasteiger partial charge in [0.2, 0.25) is 0 Å². The summed E-state index contributed by atoms with van der Waals surface area (Å²) >= 11 is 0. The molecule has 1 radical (unpaired) electrons. The Hall–Kier alpha value is 0.804. The Morgan fingerprint density at radius 3 is 2.38 bits per heavy atom. The summed E-state index contributed by atoms with van der Waals surface area (Å²) in [7, 11) is 0.